The second-order valence-corrected chi connectivity index (χ2v) is 5.79. The fourth-order valence-electron chi connectivity index (χ4n) is 2.75. The molecule has 0 atom stereocenters. The van der Waals surface area contributed by atoms with Gasteiger partial charge in [0.05, 0.1) is 30.1 Å². The highest BCUT2D eigenvalue weighted by atomic mass is 16.5. The van der Waals surface area contributed by atoms with Crippen LogP contribution in [0.3, 0.4) is 0 Å². The highest BCUT2D eigenvalue weighted by Gasteiger charge is 2.28. The Kier molecular flexibility index (Phi) is 4.42. The molecule has 0 aromatic heterocycles. The summed E-state index contributed by atoms with van der Waals surface area (Å²) in [5.41, 5.74) is 1.83. The molecule has 7 nitrogen and oxygen atoms in total. The fraction of sp³-hybridized carbons (Fsp3) is 0.158. The molecule has 1 N–H and O–H groups in total. The van der Waals surface area contributed by atoms with E-state index in [0.717, 1.165) is 0 Å². The highest BCUT2D eigenvalue weighted by molar-refractivity contribution is 6.16. The fourth-order valence-corrected chi connectivity index (χ4v) is 2.75. The Morgan fingerprint density at radius 2 is 1.96 bits per heavy atom. The van der Waals surface area contributed by atoms with E-state index in [2.05, 4.69) is 5.32 Å². The van der Waals surface area contributed by atoms with Gasteiger partial charge in [-0.2, -0.15) is 5.26 Å². The van der Waals surface area contributed by atoms with Crippen LogP contribution in [0.4, 0.5) is 11.4 Å². The molecule has 0 saturated carbocycles. The van der Waals surface area contributed by atoms with Crippen LogP contribution in [0.2, 0.25) is 0 Å². The molecule has 1 aliphatic rings. The van der Waals surface area contributed by atoms with Crippen molar-refractivity contribution in [3.8, 4) is 11.8 Å². The van der Waals surface area contributed by atoms with Crippen molar-refractivity contribution in [1.82, 2.24) is 0 Å². The van der Waals surface area contributed by atoms with Crippen LogP contribution in [0.15, 0.2) is 36.4 Å². The number of nitrogens with one attached hydrogen (secondary N) is 1. The smallest absolute Gasteiger partial charge is 0.259 e. The van der Waals surface area contributed by atoms with Gasteiger partial charge in [-0.25, -0.2) is 0 Å². The van der Waals surface area contributed by atoms with Crippen LogP contribution in [-0.4, -0.2) is 31.3 Å². The number of hydrogen-bond donors (Lipinski definition) is 1. The first kappa shape index (κ1) is 17.2. The summed E-state index contributed by atoms with van der Waals surface area (Å²) in [6.45, 7) is 1.26. The molecule has 0 bridgehead atoms. The minimum absolute atomic E-state index is 0.142. The number of nitriles is 1. The first-order valence-electron chi connectivity index (χ1n) is 7.79. The molecule has 2 aromatic carbocycles. The molecule has 2 amide bonds. The number of benzene rings is 2. The normalized spacial score (nSPS) is 12.7. The lowest BCUT2D eigenvalue weighted by atomic mass is 10.1. The summed E-state index contributed by atoms with van der Waals surface area (Å²) in [5.74, 6) is -0.569. The quantitative estimate of drug-likeness (QED) is 0.858. The average molecular weight is 349 g/mol. The summed E-state index contributed by atoms with van der Waals surface area (Å²) in [4.78, 5) is 37.9. The lowest BCUT2D eigenvalue weighted by molar-refractivity contribution is -0.115. The molecule has 0 aliphatic carbocycles. The van der Waals surface area contributed by atoms with E-state index < -0.39 is 5.91 Å². The largest absolute Gasteiger partial charge is 0.497 e. The van der Waals surface area contributed by atoms with Gasteiger partial charge in [-0.05, 0) is 43.3 Å². The van der Waals surface area contributed by atoms with Crippen molar-refractivity contribution < 1.29 is 19.1 Å². The van der Waals surface area contributed by atoms with E-state index in [1.807, 2.05) is 6.07 Å². The first-order chi connectivity index (χ1) is 12.4. The molecule has 0 radical (unpaired) electrons. The summed E-state index contributed by atoms with van der Waals surface area (Å²) < 4.78 is 5.13. The zero-order valence-electron chi connectivity index (χ0n) is 14.2. The predicted molar refractivity (Wildman–Crippen MR) is 94.5 cm³/mol. The summed E-state index contributed by atoms with van der Waals surface area (Å²) in [6.07, 6.45) is 0. The molecular formula is C19H15N3O4. The van der Waals surface area contributed by atoms with Crippen molar-refractivity contribution in [2.24, 2.45) is 0 Å². The zero-order chi connectivity index (χ0) is 18.8. The summed E-state index contributed by atoms with van der Waals surface area (Å²) in [6, 6.07) is 11.2. The molecule has 1 heterocycles. The van der Waals surface area contributed by atoms with Gasteiger partial charge in [-0.15, -0.1) is 0 Å². The number of anilines is 2. The number of carbonyl (C=O) groups is 3. The van der Waals surface area contributed by atoms with Gasteiger partial charge in [-0.1, -0.05) is 0 Å². The van der Waals surface area contributed by atoms with E-state index in [1.54, 1.807) is 18.2 Å². The van der Waals surface area contributed by atoms with Crippen LogP contribution in [0, 0.1) is 11.3 Å². The Labute approximate surface area is 149 Å². The number of carbonyl (C=O) groups excluding carboxylic acids is 3. The predicted octanol–water partition coefficient (Wildman–Crippen LogP) is 2.37. The third-order valence-corrected chi connectivity index (χ3v) is 4.03. The molecule has 0 unspecified atom stereocenters. The van der Waals surface area contributed by atoms with Crippen molar-refractivity contribution in [2.45, 2.75) is 6.92 Å². The molecular weight excluding hydrogens is 334 g/mol. The molecule has 7 heteroatoms. The minimum Gasteiger partial charge on any atom is -0.497 e. The van der Waals surface area contributed by atoms with Crippen LogP contribution in [-0.2, 0) is 4.79 Å². The first-order valence-corrected chi connectivity index (χ1v) is 7.79. The van der Waals surface area contributed by atoms with Crippen molar-refractivity contribution in [3.63, 3.8) is 0 Å². The third-order valence-electron chi connectivity index (χ3n) is 4.03. The second kappa shape index (κ2) is 6.69. The Morgan fingerprint density at radius 1 is 1.19 bits per heavy atom. The topological polar surface area (TPSA) is 99.5 Å². The molecule has 26 heavy (non-hydrogen) atoms. The number of methoxy groups -OCH3 is 1. The van der Waals surface area contributed by atoms with Crippen LogP contribution in [0.1, 0.15) is 33.2 Å². The Morgan fingerprint density at radius 3 is 2.62 bits per heavy atom. The maximum absolute atomic E-state index is 13.0. The zero-order valence-corrected chi connectivity index (χ0v) is 14.2. The van der Waals surface area contributed by atoms with Crippen LogP contribution < -0.4 is 15.0 Å². The molecule has 2 aromatic rings. The van der Waals surface area contributed by atoms with Gasteiger partial charge in [-0.3, -0.25) is 19.3 Å². The number of amides is 2. The van der Waals surface area contributed by atoms with E-state index in [4.69, 9.17) is 10.00 Å². The van der Waals surface area contributed by atoms with Crippen LogP contribution >= 0.6 is 0 Å². The molecule has 130 valence electrons. The van der Waals surface area contributed by atoms with Gasteiger partial charge in [0.1, 0.15) is 12.3 Å². The standard InChI is InChI=1S/C19H15N3O4/c1-11(23)13-3-4-17-16(8-13)21-18(24)10-22(17)19(25)14-5-12(9-20)6-15(7-14)26-2/h3-8H,10H2,1-2H3,(H,21,24). The van der Waals surface area contributed by atoms with Crippen LogP contribution in [0.5, 0.6) is 5.75 Å². The van der Waals surface area contributed by atoms with Crippen LogP contribution in [0.25, 0.3) is 0 Å². The molecule has 0 spiro atoms. The highest BCUT2D eigenvalue weighted by Crippen LogP contribution is 2.32. The lowest BCUT2D eigenvalue weighted by Gasteiger charge is -2.29. The number of ether oxygens (including phenoxy) is 1. The number of rotatable bonds is 3. The Bertz CT molecular complexity index is 975. The molecule has 1 aliphatic heterocycles. The summed E-state index contributed by atoms with van der Waals surface area (Å²) >= 11 is 0. The number of ketones is 1. The second-order valence-electron chi connectivity index (χ2n) is 5.79. The number of Topliss-reactive ketones (excluding diaryl/α,β-unsaturated/α-hetero) is 1. The van der Waals surface area contributed by atoms with Crippen molar-refractivity contribution >= 4 is 29.0 Å². The van der Waals surface area contributed by atoms with E-state index in [9.17, 15) is 14.4 Å². The summed E-state index contributed by atoms with van der Waals surface area (Å²) in [5, 5.41) is 11.8. The van der Waals surface area contributed by atoms with Crippen molar-refractivity contribution in [1.29, 1.82) is 5.26 Å². The molecule has 3 rings (SSSR count). The maximum Gasteiger partial charge on any atom is 0.259 e. The van der Waals surface area contributed by atoms with Gasteiger partial charge in [0.25, 0.3) is 5.91 Å². The Balaban J connectivity index is 2.05. The van der Waals surface area contributed by atoms with E-state index in [-0.39, 0.29) is 29.4 Å². The van der Waals surface area contributed by atoms with Gasteiger partial charge in [0.15, 0.2) is 5.78 Å². The van der Waals surface area contributed by atoms with Gasteiger partial charge in [0, 0.05) is 11.1 Å². The average Bonchev–Trinajstić information content (AvgIpc) is 2.65. The minimum atomic E-state index is -0.438. The number of nitrogens with zero attached hydrogens (tertiary/aromatic N) is 2. The monoisotopic (exact) mass is 349 g/mol. The Hall–Kier alpha value is -3.66. The number of hydrogen-bond acceptors (Lipinski definition) is 5. The van der Waals surface area contributed by atoms with Gasteiger partial charge in [0.2, 0.25) is 5.91 Å². The van der Waals surface area contributed by atoms with Crippen molar-refractivity contribution in [3.05, 3.63) is 53.1 Å². The SMILES string of the molecule is COc1cc(C#N)cc(C(=O)N2CC(=O)Nc3cc(C(C)=O)ccc32)c1. The van der Waals surface area contributed by atoms with E-state index >= 15 is 0 Å². The maximum atomic E-state index is 13.0. The third kappa shape index (κ3) is 3.13. The molecule has 0 fully saturated rings. The molecule has 0 saturated heterocycles. The van der Waals surface area contributed by atoms with Gasteiger partial charge < -0.3 is 10.1 Å². The van der Waals surface area contributed by atoms with Gasteiger partial charge >= 0.3 is 0 Å². The van der Waals surface area contributed by atoms with E-state index in [0.29, 0.717) is 22.7 Å². The lowest BCUT2D eigenvalue weighted by Crippen LogP contribution is -2.42. The summed E-state index contributed by atoms with van der Waals surface area (Å²) in [7, 11) is 1.44. The van der Waals surface area contributed by atoms with Crippen molar-refractivity contribution in [2.75, 3.05) is 23.9 Å². The van der Waals surface area contributed by atoms with E-state index in [1.165, 1.54) is 37.1 Å². The number of fused-ring (bicyclic) bond motifs is 1.